The average Bonchev–Trinajstić information content (AvgIpc) is 2.33. The van der Waals surface area contributed by atoms with Crippen molar-refractivity contribution in [3.05, 3.63) is 41.0 Å². The van der Waals surface area contributed by atoms with Gasteiger partial charge in [0.05, 0.1) is 11.1 Å². The molecule has 20 heavy (non-hydrogen) atoms. The molecule has 2 N–H and O–H groups in total. The minimum Gasteiger partial charge on any atom is -0.478 e. The molecule has 108 valence electrons. The zero-order chi connectivity index (χ0) is 15.3. The van der Waals surface area contributed by atoms with Crippen molar-refractivity contribution in [2.75, 3.05) is 6.54 Å². The van der Waals surface area contributed by atoms with Gasteiger partial charge in [-0.2, -0.15) is 13.2 Å². The third kappa shape index (κ3) is 4.42. The Hall–Kier alpha value is -2.31. The number of carbonyl (C=O) groups is 2. The van der Waals surface area contributed by atoms with Gasteiger partial charge in [0, 0.05) is 13.5 Å². The summed E-state index contributed by atoms with van der Waals surface area (Å²) < 4.78 is 37.5. The van der Waals surface area contributed by atoms with Crippen molar-refractivity contribution in [2.24, 2.45) is 0 Å². The summed E-state index contributed by atoms with van der Waals surface area (Å²) in [6.07, 6.45) is -1.79. The minimum absolute atomic E-state index is 0.135. The predicted molar refractivity (Wildman–Crippen MR) is 66.1 cm³/mol. The van der Waals surface area contributed by atoms with Gasteiger partial charge in [-0.3, -0.25) is 4.79 Å². The summed E-state index contributed by atoms with van der Waals surface area (Å²) in [6.45, 7) is 1.48. The van der Waals surface area contributed by atoms with Crippen molar-refractivity contribution in [1.29, 1.82) is 0 Å². The standard InChI is InChI=1S/C13H12F3NO3/c1-8(18)17-6-2-3-9-4-5-10(13(14,15)16)7-11(9)12(19)20/h2-5,7H,6H2,1H3,(H,17,18)(H,19,20). The summed E-state index contributed by atoms with van der Waals surface area (Å²) in [5.74, 6) is -1.71. The van der Waals surface area contributed by atoms with Crippen LogP contribution >= 0.6 is 0 Å². The molecule has 0 unspecified atom stereocenters. The van der Waals surface area contributed by atoms with E-state index in [-0.39, 0.29) is 18.0 Å². The van der Waals surface area contributed by atoms with Gasteiger partial charge >= 0.3 is 12.1 Å². The Morgan fingerprint density at radius 3 is 2.50 bits per heavy atom. The Kier molecular flexibility index (Phi) is 4.90. The molecule has 0 atom stereocenters. The molecular formula is C13H12F3NO3. The van der Waals surface area contributed by atoms with E-state index in [4.69, 9.17) is 5.11 Å². The molecule has 1 aromatic rings. The molecule has 0 aromatic heterocycles. The van der Waals surface area contributed by atoms with Crippen LogP contribution in [0.2, 0.25) is 0 Å². The van der Waals surface area contributed by atoms with Gasteiger partial charge in [-0.1, -0.05) is 18.2 Å². The number of carbonyl (C=O) groups excluding carboxylic acids is 1. The van der Waals surface area contributed by atoms with Gasteiger partial charge < -0.3 is 10.4 Å². The molecule has 0 bridgehead atoms. The number of hydrogen-bond donors (Lipinski definition) is 2. The lowest BCUT2D eigenvalue weighted by atomic mass is 10.0. The predicted octanol–water partition coefficient (Wildman–Crippen LogP) is 2.55. The molecular weight excluding hydrogens is 275 g/mol. The fourth-order valence-electron chi connectivity index (χ4n) is 1.45. The number of halogens is 3. The summed E-state index contributed by atoms with van der Waals surface area (Å²) in [4.78, 5) is 21.6. The zero-order valence-electron chi connectivity index (χ0n) is 10.5. The Balaban J connectivity index is 3.02. The molecule has 0 aliphatic carbocycles. The van der Waals surface area contributed by atoms with Crippen LogP contribution in [0.3, 0.4) is 0 Å². The topological polar surface area (TPSA) is 66.4 Å². The monoisotopic (exact) mass is 287 g/mol. The maximum atomic E-state index is 12.5. The lowest BCUT2D eigenvalue weighted by molar-refractivity contribution is -0.137. The van der Waals surface area contributed by atoms with Crippen LogP contribution in [-0.2, 0) is 11.0 Å². The Labute approximate surface area is 112 Å². The molecule has 1 rings (SSSR count). The SMILES string of the molecule is CC(=O)NCC=Cc1ccc(C(F)(F)F)cc1C(=O)O. The quantitative estimate of drug-likeness (QED) is 0.894. The number of amides is 1. The number of carboxylic acids is 1. The van der Waals surface area contributed by atoms with E-state index in [1.165, 1.54) is 19.1 Å². The average molecular weight is 287 g/mol. The van der Waals surface area contributed by atoms with E-state index >= 15 is 0 Å². The number of carboxylic acid groups (broad SMARTS) is 1. The van der Waals surface area contributed by atoms with Crippen molar-refractivity contribution < 1.29 is 27.9 Å². The Bertz CT molecular complexity index is 550. The molecule has 1 amide bonds. The van der Waals surface area contributed by atoms with Gasteiger partial charge in [0.25, 0.3) is 0 Å². The maximum Gasteiger partial charge on any atom is 0.416 e. The maximum absolute atomic E-state index is 12.5. The van der Waals surface area contributed by atoms with Crippen molar-refractivity contribution in [2.45, 2.75) is 13.1 Å². The van der Waals surface area contributed by atoms with E-state index in [1.54, 1.807) is 0 Å². The highest BCUT2D eigenvalue weighted by Gasteiger charge is 2.31. The van der Waals surface area contributed by atoms with Crippen LogP contribution in [0.4, 0.5) is 13.2 Å². The molecule has 0 radical (unpaired) electrons. The molecule has 1 aromatic carbocycles. The van der Waals surface area contributed by atoms with E-state index in [0.717, 1.165) is 12.1 Å². The van der Waals surface area contributed by atoms with Crippen molar-refractivity contribution >= 4 is 18.0 Å². The third-order valence-electron chi connectivity index (χ3n) is 2.38. The molecule has 0 aliphatic heterocycles. The molecule has 4 nitrogen and oxygen atoms in total. The Morgan fingerprint density at radius 2 is 2.00 bits per heavy atom. The highest BCUT2D eigenvalue weighted by atomic mass is 19.4. The number of hydrogen-bond acceptors (Lipinski definition) is 2. The number of alkyl halides is 3. The molecule has 0 spiro atoms. The van der Waals surface area contributed by atoms with Gasteiger partial charge in [0.2, 0.25) is 5.91 Å². The highest BCUT2D eigenvalue weighted by molar-refractivity contribution is 5.92. The van der Waals surface area contributed by atoms with Gasteiger partial charge in [-0.05, 0) is 17.7 Å². The molecule has 0 saturated carbocycles. The van der Waals surface area contributed by atoms with E-state index in [9.17, 15) is 22.8 Å². The second kappa shape index (κ2) is 6.23. The van der Waals surface area contributed by atoms with Crippen LogP contribution in [0.1, 0.15) is 28.4 Å². The van der Waals surface area contributed by atoms with Gasteiger partial charge in [0.1, 0.15) is 0 Å². The second-order valence-electron chi connectivity index (χ2n) is 3.94. The third-order valence-corrected chi connectivity index (χ3v) is 2.38. The fraction of sp³-hybridized carbons (Fsp3) is 0.231. The van der Waals surface area contributed by atoms with Gasteiger partial charge in [-0.15, -0.1) is 0 Å². The van der Waals surface area contributed by atoms with E-state index in [0.29, 0.717) is 6.07 Å². The van der Waals surface area contributed by atoms with Crippen LogP contribution in [0, 0.1) is 0 Å². The molecule has 0 fully saturated rings. The van der Waals surface area contributed by atoms with Gasteiger partial charge in [0.15, 0.2) is 0 Å². The summed E-state index contributed by atoms with van der Waals surface area (Å²) >= 11 is 0. The first-order valence-electron chi connectivity index (χ1n) is 5.57. The summed E-state index contributed by atoms with van der Waals surface area (Å²) in [5.41, 5.74) is -1.33. The molecule has 0 aliphatic rings. The lowest BCUT2D eigenvalue weighted by Gasteiger charge is -2.09. The first-order chi connectivity index (χ1) is 9.21. The van der Waals surface area contributed by atoms with Crippen LogP contribution in [0.5, 0.6) is 0 Å². The first kappa shape index (κ1) is 15.7. The number of rotatable bonds is 4. The first-order valence-corrected chi connectivity index (χ1v) is 5.57. The van der Waals surface area contributed by atoms with Crippen LogP contribution < -0.4 is 5.32 Å². The second-order valence-corrected chi connectivity index (χ2v) is 3.94. The summed E-state index contributed by atoms with van der Waals surface area (Å²) in [5, 5.41) is 11.4. The van der Waals surface area contributed by atoms with Crippen LogP contribution in [-0.4, -0.2) is 23.5 Å². The number of aromatic carboxylic acids is 1. The number of nitrogens with one attached hydrogen (secondary N) is 1. The largest absolute Gasteiger partial charge is 0.478 e. The number of benzene rings is 1. The molecule has 0 saturated heterocycles. The fourth-order valence-corrected chi connectivity index (χ4v) is 1.45. The van der Waals surface area contributed by atoms with E-state index in [1.807, 2.05) is 0 Å². The van der Waals surface area contributed by atoms with E-state index in [2.05, 4.69) is 5.32 Å². The van der Waals surface area contributed by atoms with Crippen molar-refractivity contribution in [3.63, 3.8) is 0 Å². The van der Waals surface area contributed by atoms with Crippen LogP contribution in [0.15, 0.2) is 24.3 Å². The normalized spacial score (nSPS) is 11.6. The van der Waals surface area contributed by atoms with Crippen molar-refractivity contribution in [3.8, 4) is 0 Å². The minimum atomic E-state index is -4.59. The lowest BCUT2D eigenvalue weighted by Crippen LogP contribution is -2.19. The zero-order valence-corrected chi connectivity index (χ0v) is 10.5. The van der Waals surface area contributed by atoms with Crippen molar-refractivity contribution in [1.82, 2.24) is 5.32 Å². The van der Waals surface area contributed by atoms with Crippen LogP contribution in [0.25, 0.3) is 6.08 Å². The summed E-state index contributed by atoms with van der Waals surface area (Å²) in [7, 11) is 0. The summed E-state index contributed by atoms with van der Waals surface area (Å²) in [6, 6.07) is 2.47. The molecule has 0 heterocycles. The van der Waals surface area contributed by atoms with E-state index < -0.39 is 23.3 Å². The highest BCUT2D eigenvalue weighted by Crippen LogP contribution is 2.30. The smallest absolute Gasteiger partial charge is 0.416 e. The Morgan fingerprint density at radius 1 is 1.35 bits per heavy atom. The molecule has 7 heteroatoms. The van der Waals surface area contributed by atoms with Gasteiger partial charge in [-0.25, -0.2) is 4.79 Å².